The summed E-state index contributed by atoms with van der Waals surface area (Å²) in [6.45, 7) is 11.8. The van der Waals surface area contributed by atoms with E-state index in [0.29, 0.717) is 31.6 Å². The molecule has 0 spiro atoms. The van der Waals surface area contributed by atoms with E-state index >= 15 is 0 Å². The van der Waals surface area contributed by atoms with E-state index in [4.69, 9.17) is 37.0 Å². The Morgan fingerprint density at radius 3 is 0.784 bits per heavy atom. The van der Waals surface area contributed by atoms with Gasteiger partial charge in [0.25, 0.3) is 0 Å². The number of hydrogen-bond donors (Lipinski definition) is 3. The summed E-state index contributed by atoms with van der Waals surface area (Å²) in [6, 6.07) is 0. The lowest BCUT2D eigenvalue weighted by molar-refractivity contribution is -0.161. The third-order valence-electron chi connectivity index (χ3n) is 18.5. The zero-order valence-electron chi connectivity index (χ0n) is 63.5. The highest BCUT2D eigenvalue weighted by Crippen LogP contribution is 2.45. The summed E-state index contributed by atoms with van der Waals surface area (Å²) < 4.78 is 68.5. The molecule has 17 nitrogen and oxygen atoms in total. The van der Waals surface area contributed by atoms with Crippen LogP contribution in [-0.4, -0.2) is 96.7 Å². The van der Waals surface area contributed by atoms with Crippen LogP contribution in [0.4, 0.5) is 0 Å². The number of esters is 4. The SMILES string of the molecule is CCCCCCCCCCCCCCCCCCCC(=O)OC[C@H](COP(=O)(O)OC[C@@H](O)COP(=O)(O)OC[C@@H](COC(=O)CCCCCCCCC(C)C)OC(=O)CCCCCCCCC(C)CC)OC(=O)CCCCCCCCCCCCCCCCCCCCC(C)C. The molecule has 0 aromatic rings. The van der Waals surface area contributed by atoms with Crippen LogP contribution < -0.4 is 0 Å². The summed E-state index contributed by atoms with van der Waals surface area (Å²) in [5.74, 6) is 0.0988. The quantitative estimate of drug-likeness (QED) is 0.0222. The lowest BCUT2D eigenvalue weighted by atomic mass is 10.00. The number of carbonyl (C=O) groups excluding carboxylic acids is 4. The second kappa shape index (κ2) is 68.5. The summed E-state index contributed by atoms with van der Waals surface area (Å²) >= 11 is 0. The number of phosphoric acid groups is 2. The highest BCUT2D eigenvalue weighted by molar-refractivity contribution is 7.47. The molecule has 97 heavy (non-hydrogen) atoms. The van der Waals surface area contributed by atoms with Gasteiger partial charge in [-0.05, 0) is 43.4 Å². The van der Waals surface area contributed by atoms with Gasteiger partial charge >= 0.3 is 39.5 Å². The smallest absolute Gasteiger partial charge is 0.462 e. The first-order chi connectivity index (χ1) is 46.8. The molecule has 0 heterocycles. The van der Waals surface area contributed by atoms with E-state index in [1.165, 1.54) is 205 Å². The molecule has 576 valence electrons. The second-order valence-corrected chi connectivity index (χ2v) is 32.2. The van der Waals surface area contributed by atoms with Gasteiger partial charge in [-0.1, -0.05) is 350 Å². The largest absolute Gasteiger partial charge is 0.472 e. The van der Waals surface area contributed by atoms with Crippen LogP contribution in [0.25, 0.3) is 0 Å². The van der Waals surface area contributed by atoms with Crippen LogP contribution in [-0.2, 0) is 65.4 Å². The molecule has 0 aromatic heterocycles. The minimum absolute atomic E-state index is 0.102. The van der Waals surface area contributed by atoms with Crippen molar-refractivity contribution in [1.29, 1.82) is 0 Å². The minimum atomic E-state index is -4.96. The Hall–Kier alpha value is -1.94. The topological polar surface area (TPSA) is 237 Å². The standard InChI is InChI=1S/C78H152O17P2/c1-8-10-11-12-13-14-15-16-17-20-24-27-30-33-36-45-52-59-75(80)88-65-73(94-77(82)61-54-47-37-34-31-28-25-22-19-18-21-23-26-29-32-35-42-49-56-69(3)4)67-92-96(84,85)90-63-72(79)64-91-97(86,87)93-68-74(66-89-76(81)60-53-46-40-38-43-50-57-70(5)6)95-78(83)62-55-48-41-39-44-51-58-71(7)9-2/h69-74,79H,8-68H2,1-7H3,(H,84,85)(H,86,87)/t71?,72-,73-,74-/m1/s1. The van der Waals surface area contributed by atoms with Gasteiger partial charge < -0.3 is 33.8 Å². The summed E-state index contributed by atoms with van der Waals surface area (Å²) in [4.78, 5) is 72.8. The Morgan fingerprint density at radius 1 is 0.299 bits per heavy atom. The normalized spacial score (nSPS) is 14.3. The molecule has 0 amide bonds. The Bertz CT molecular complexity index is 1890. The van der Waals surface area contributed by atoms with E-state index < -0.39 is 97.5 Å². The van der Waals surface area contributed by atoms with Crippen molar-refractivity contribution in [2.24, 2.45) is 17.8 Å². The van der Waals surface area contributed by atoms with Gasteiger partial charge in [-0.25, -0.2) is 9.13 Å². The zero-order chi connectivity index (χ0) is 71.6. The minimum Gasteiger partial charge on any atom is -0.462 e. The van der Waals surface area contributed by atoms with Crippen molar-refractivity contribution in [3.05, 3.63) is 0 Å². The van der Waals surface area contributed by atoms with Gasteiger partial charge in [-0.3, -0.25) is 37.3 Å². The van der Waals surface area contributed by atoms with Gasteiger partial charge in [-0.2, -0.15) is 0 Å². The van der Waals surface area contributed by atoms with Gasteiger partial charge in [0, 0.05) is 25.7 Å². The second-order valence-electron chi connectivity index (χ2n) is 29.3. The molecule has 0 saturated heterocycles. The highest BCUT2D eigenvalue weighted by atomic mass is 31.2. The molecule has 6 atom stereocenters. The third kappa shape index (κ3) is 70.9. The van der Waals surface area contributed by atoms with Gasteiger partial charge in [0.1, 0.15) is 19.3 Å². The average molecular weight is 1420 g/mol. The van der Waals surface area contributed by atoms with Crippen LogP contribution in [0.3, 0.4) is 0 Å². The Balaban J connectivity index is 5.19. The molecule has 0 rings (SSSR count). The number of hydrogen-bond acceptors (Lipinski definition) is 15. The molecule has 0 bridgehead atoms. The molecule has 3 unspecified atom stereocenters. The van der Waals surface area contributed by atoms with Crippen molar-refractivity contribution in [2.45, 2.75) is 420 Å². The number of aliphatic hydroxyl groups is 1. The van der Waals surface area contributed by atoms with E-state index in [1.54, 1.807) is 0 Å². The third-order valence-corrected chi connectivity index (χ3v) is 20.4. The van der Waals surface area contributed by atoms with Crippen molar-refractivity contribution in [2.75, 3.05) is 39.6 Å². The van der Waals surface area contributed by atoms with E-state index in [0.717, 1.165) is 108 Å². The molecule has 0 aliphatic heterocycles. The van der Waals surface area contributed by atoms with Crippen molar-refractivity contribution in [3.8, 4) is 0 Å². The molecule has 0 aromatic carbocycles. The fraction of sp³-hybridized carbons (Fsp3) is 0.949. The number of rotatable bonds is 76. The fourth-order valence-electron chi connectivity index (χ4n) is 11.9. The van der Waals surface area contributed by atoms with Crippen LogP contribution in [0, 0.1) is 17.8 Å². The molecule has 19 heteroatoms. The van der Waals surface area contributed by atoms with Crippen molar-refractivity contribution in [3.63, 3.8) is 0 Å². The average Bonchev–Trinajstić information content (AvgIpc) is 1.77. The molecule has 3 N–H and O–H groups in total. The van der Waals surface area contributed by atoms with Crippen LogP contribution >= 0.6 is 15.6 Å². The van der Waals surface area contributed by atoms with E-state index in [-0.39, 0.29) is 25.7 Å². The van der Waals surface area contributed by atoms with Crippen molar-refractivity contribution < 1.29 is 80.2 Å². The predicted octanol–water partition coefficient (Wildman–Crippen LogP) is 23.0. The number of unbranched alkanes of at least 4 members (excludes halogenated alkanes) is 43. The highest BCUT2D eigenvalue weighted by Gasteiger charge is 2.30. The van der Waals surface area contributed by atoms with Crippen LogP contribution in [0.1, 0.15) is 402 Å². The molecule has 0 aliphatic carbocycles. The number of phosphoric ester groups is 2. The predicted molar refractivity (Wildman–Crippen MR) is 395 cm³/mol. The number of carbonyl (C=O) groups is 4. The zero-order valence-corrected chi connectivity index (χ0v) is 65.3. The first-order valence-corrected chi connectivity index (χ1v) is 43.4. The summed E-state index contributed by atoms with van der Waals surface area (Å²) in [5, 5.41) is 10.6. The molecule has 0 radical (unpaired) electrons. The van der Waals surface area contributed by atoms with E-state index in [9.17, 15) is 43.2 Å². The van der Waals surface area contributed by atoms with Crippen LogP contribution in [0.2, 0.25) is 0 Å². The van der Waals surface area contributed by atoms with Gasteiger partial charge in [0.05, 0.1) is 26.4 Å². The summed E-state index contributed by atoms with van der Waals surface area (Å²) in [7, 11) is -9.91. The van der Waals surface area contributed by atoms with Gasteiger partial charge in [0.2, 0.25) is 0 Å². The first kappa shape index (κ1) is 95.1. The molecule has 0 fully saturated rings. The fourth-order valence-corrected chi connectivity index (χ4v) is 13.5. The van der Waals surface area contributed by atoms with Crippen LogP contribution in [0.15, 0.2) is 0 Å². The molecule has 0 aliphatic rings. The van der Waals surface area contributed by atoms with Crippen LogP contribution in [0.5, 0.6) is 0 Å². The van der Waals surface area contributed by atoms with Gasteiger partial charge in [0.15, 0.2) is 12.2 Å². The monoisotopic (exact) mass is 1420 g/mol. The summed E-state index contributed by atoms with van der Waals surface area (Å²) in [6.07, 6.45) is 55.9. The maximum absolute atomic E-state index is 13.1. The Labute approximate surface area is 594 Å². The van der Waals surface area contributed by atoms with Crippen molar-refractivity contribution in [1.82, 2.24) is 0 Å². The molecular weight excluding hydrogens is 1270 g/mol. The first-order valence-electron chi connectivity index (χ1n) is 40.4. The van der Waals surface area contributed by atoms with E-state index in [2.05, 4.69) is 48.5 Å². The molecular formula is C78H152O17P2. The van der Waals surface area contributed by atoms with E-state index in [1.807, 2.05) is 0 Å². The Kier molecular flexibility index (Phi) is 67.1. The number of aliphatic hydroxyl groups excluding tert-OH is 1. The Morgan fingerprint density at radius 2 is 0.526 bits per heavy atom. The maximum Gasteiger partial charge on any atom is 0.472 e. The molecule has 0 saturated carbocycles. The van der Waals surface area contributed by atoms with Crippen molar-refractivity contribution >= 4 is 39.5 Å². The van der Waals surface area contributed by atoms with Gasteiger partial charge in [-0.15, -0.1) is 0 Å². The maximum atomic E-state index is 13.1. The number of ether oxygens (including phenoxy) is 4. The lowest BCUT2D eigenvalue weighted by Crippen LogP contribution is -2.30. The summed E-state index contributed by atoms with van der Waals surface area (Å²) in [5.41, 5.74) is 0. The lowest BCUT2D eigenvalue weighted by Gasteiger charge is -2.21.